The van der Waals surface area contributed by atoms with Gasteiger partial charge in [0.15, 0.2) is 15.6 Å². The molecule has 1 N–H and O–H groups in total. The van der Waals surface area contributed by atoms with Gasteiger partial charge in [0.2, 0.25) is 15.9 Å². The number of hydrogen-bond donors (Lipinski definition) is 1. The molecule has 1 aliphatic rings. The van der Waals surface area contributed by atoms with Crippen LogP contribution >= 0.6 is 11.6 Å². The summed E-state index contributed by atoms with van der Waals surface area (Å²) in [5.74, 6) is -1.04. The summed E-state index contributed by atoms with van der Waals surface area (Å²) in [5, 5.41) is 2.86. The van der Waals surface area contributed by atoms with Crippen molar-refractivity contribution < 1.29 is 26.4 Å². The fraction of sp³-hybridized carbons (Fsp3) is 0.333. The molecule has 1 fully saturated rings. The summed E-state index contributed by atoms with van der Waals surface area (Å²) < 4.78 is 50.7. The Bertz CT molecular complexity index is 1270. The van der Waals surface area contributed by atoms with Crippen LogP contribution in [0.2, 0.25) is 5.02 Å². The van der Waals surface area contributed by atoms with Gasteiger partial charge in [0.1, 0.15) is 0 Å². The van der Waals surface area contributed by atoms with Gasteiger partial charge in [0, 0.05) is 30.8 Å². The topological polar surface area (TPSA) is 118 Å². The Morgan fingerprint density at radius 3 is 2.25 bits per heavy atom. The lowest BCUT2D eigenvalue weighted by Gasteiger charge is -2.30. The van der Waals surface area contributed by atoms with E-state index in [1.54, 1.807) is 6.07 Å². The number of nitrogens with zero attached hydrogens (tertiary/aromatic N) is 1. The second kappa shape index (κ2) is 9.30. The van der Waals surface area contributed by atoms with Gasteiger partial charge in [-0.05, 0) is 50.1 Å². The lowest BCUT2D eigenvalue weighted by molar-refractivity contribution is -0.120. The zero-order valence-corrected chi connectivity index (χ0v) is 19.9. The minimum atomic E-state index is -3.79. The van der Waals surface area contributed by atoms with Crippen molar-refractivity contribution >= 4 is 48.8 Å². The predicted molar refractivity (Wildman–Crippen MR) is 121 cm³/mol. The third-order valence-corrected chi connectivity index (χ3v) is 8.66. The molecule has 11 heteroatoms. The van der Waals surface area contributed by atoms with Gasteiger partial charge in [-0.1, -0.05) is 23.7 Å². The van der Waals surface area contributed by atoms with E-state index in [9.17, 15) is 26.4 Å². The fourth-order valence-corrected chi connectivity index (χ4v) is 5.78. The summed E-state index contributed by atoms with van der Waals surface area (Å²) in [6, 6.07) is 9.94. The third-order valence-electron chi connectivity index (χ3n) is 5.33. The van der Waals surface area contributed by atoms with Crippen molar-refractivity contribution in [3.05, 3.63) is 53.1 Å². The maximum atomic E-state index is 12.9. The van der Waals surface area contributed by atoms with E-state index in [0.29, 0.717) is 18.4 Å². The molecule has 1 amide bonds. The van der Waals surface area contributed by atoms with E-state index in [0.717, 1.165) is 6.26 Å². The van der Waals surface area contributed by atoms with Crippen LogP contribution in [-0.2, 0) is 24.7 Å². The molecule has 2 aromatic rings. The standard InChI is InChI=1S/C21H23ClN2O6S2/c1-14(25)16-4-3-5-18(12-16)32(29,30)24-10-8-15(9-11-24)21(26)23-20-13-17(31(2,27)28)6-7-19(20)22/h3-7,12-13,15H,8-11H2,1-2H3,(H,23,26). The summed E-state index contributed by atoms with van der Waals surface area (Å²) in [6.07, 6.45) is 1.64. The van der Waals surface area contributed by atoms with Crippen molar-refractivity contribution in [1.29, 1.82) is 0 Å². The summed E-state index contributed by atoms with van der Waals surface area (Å²) in [4.78, 5) is 24.3. The molecule has 0 bridgehead atoms. The Labute approximate surface area is 192 Å². The van der Waals surface area contributed by atoms with E-state index in [1.165, 1.54) is 47.6 Å². The van der Waals surface area contributed by atoms with Crippen molar-refractivity contribution in [2.45, 2.75) is 29.6 Å². The van der Waals surface area contributed by atoms with Crippen molar-refractivity contribution in [1.82, 2.24) is 4.31 Å². The molecule has 8 nitrogen and oxygen atoms in total. The number of ketones is 1. The molecule has 0 aromatic heterocycles. The van der Waals surface area contributed by atoms with Gasteiger partial charge in [0.25, 0.3) is 0 Å². The molecule has 0 saturated carbocycles. The largest absolute Gasteiger partial charge is 0.324 e. The van der Waals surface area contributed by atoms with Gasteiger partial charge in [-0.15, -0.1) is 0 Å². The Kier molecular flexibility index (Phi) is 7.09. The Hall–Kier alpha value is -2.27. The first-order chi connectivity index (χ1) is 14.9. The van der Waals surface area contributed by atoms with Gasteiger partial charge in [-0.25, -0.2) is 16.8 Å². The summed E-state index contributed by atoms with van der Waals surface area (Å²) >= 11 is 6.09. The van der Waals surface area contributed by atoms with E-state index < -0.39 is 25.8 Å². The van der Waals surface area contributed by atoms with Crippen LogP contribution in [0.3, 0.4) is 0 Å². The highest BCUT2D eigenvalue weighted by molar-refractivity contribution is 7.90. The molecule has 3 rings (SSSR count). The van der Waals surface area contributed by atoms with Gasteiger partial charge in [0.05, 0.1) is 20.5 Å². The number of sulfone groups is 1. The Morgan fingerprint density at radius 1 is 1.00 bits per heavy atom. The number of piperidine rings is 1. The molecule has 172 valence electrons. The second-order valence-electron chi connectivity index (χ2n) is 7.67. The number of carbonyl (C=O) groups excluding carboxylic acids is 2. The number of halogens is 1. The van der Waals surface area contributed by atoms with Crippen LogP contribution in [0, 0.1) is 5.92 Å². The van der Waals surface area contributed by atoms with Crippen LogP contribution in [0.15, 0.2) is 52.3 Å². The van der Waals surface area contributed by atoms with Crippen LogP contribution < -0.4 is 5.32 Å². The number of anilines is 1. The number of nitrogens with one attached hydrogen (secondary N) is 1. The number of Topliss-reactive ketones (excluding diaryl/α,β-unsaturated/α-hetero) is 1. The zero-order valence-electron chi connectivity index (χ0n) is 17.5. The first-order valence-corrected chi connectivity index (χ1v) is 13.5. The van der Waals surface area contributed by atoms with Crippen LogP contribution in [0.4, 0.5) is 5.69 Å². The SMILES string of the molecule is CC(=O)c1cccc(S(=O)(=O)N2CCC(C(=O)Nc3cc(S(C)(=O)=O)ccc3Cl)CC2)c1. The van der Waals surface area contributed by atoms with Gasteiger partial charge in [-0.3, -0.25) is 9.59 Å². The summed E-state index contributed by atoms with van der Waals surface area (Å²) in [5.41, 5.74) is 0.504. The van der Waals surface area contributed by atoms with E-state index in [1.807, 2.05) is 0 Å². The molecule has 1 aliphatic heterocycles. The average molecular weight is 499 g/mol. The maximum Gasteiger partial charge on any atom is 0.243 e. The van der Waals surface area contributed by atoms with E-state index in [-0.39, 0.29) is 45.3 Å². The lowest BCUT2D eigenvalue weighted by Crippen LogP contribution is -2.41. The summed E-state index contributed by atoms with van der Waals surface area (Å²) in [6.45, 7) is 1.65. The Morgan fingerprint density at radius 2 is 1.66 bits per heavy atom. The average Bonchev–Trinajstić information content (AvgIpc) is 2.74. The first-order valence-electron chi connectivity index (χ1n) is 9.81. The molecule has 1 heterocycles. The molecule has 0 atom stereocenters. The van der Waals surface area contributed by atoms with Crippen molar-refractivity contribution in [3.8, 4) is 0 Å². The second-order valence-corrected chi connectivity index (χ2v) is 12.0. The molecule has 0 aliphatic carbocycles. The Balaban J connectivity index is 1.69. The number of sulfonamides is 1. The molecular formula is C21H23ClN2O6S2. The minimum Gasteiger partial charge on any atom is -0.324 e. The molecule has 0 radical (unpaired) electrons. The maximum absolute atomic E-state index is 12.9. The van der Waals surface area contributed by atoms with E-state index >= 15 is 0 Å². The lowest BCUT2D eigenvalue weighted by atomic mass is 9.97. The van der Waals surface area contributed by atoms with Gasteiger partial charge >= 0.3 is 0 Å². The third kappa shape index (κ3) is 5.37. The summed E-state index contributed by atoms with van der Waals surface area (Å²) in [7, 11) is -7.26. The highest BCUT2D eigenvalue weighted by Crippen LogP contribution is 2.29. The fourth-order valence-electron chi connectivity index (χ4n) is 3.45. The van der Waals surface area contributed by atoms with Crippen molar-refractivity contribution in [2.75, 3.05) is 24.7 Å². The number of hydrogen-bond acceptors (Lipinski definition) is 6. The number of carbonyl (C=O) groups is 2. The highest BCUT2D eigenvalue weighted by atomic mass is 35.5. The molecule has 1 saturated heterocycles. The first kappa shape index (κ1) is 24.4. The van der Waals surface area contributed by atoms with E-state index in [2.05, 4.69) is 5.32 Å². The molecule has 2 aromatic carbocycles. The minimum absolute atomic E-state index is 0.0332. The quantitative estimate of drug-likeness (QED) is 0.612. The smallest absolute Gasteiger partial charge is 0.243 e. The predicted octanol–water partition coefficient (Wildman–Crippen LogP) is 2.99. The highest BCUT2D eigenvalue weighted by Gasteiger charge is 2.32. The van der Waals surface area contributed by atoms with Crippen LogP contribution in [0.1, 0.15) is 30.1 Å². The zero-order chi connectivity index (χ0) is 23.7. The monoisotopic (exact) mass is 498 g/mol. The van der Waals surface area contributed by atoms with Crippen LogP contribution in [0.25, 0.3) is 0 Å². The van der Waals surface area contributed by atoms with Crippen LogP contribution in [-0.4, -0.2) is 52.2 Å². The number of benzene rings is 2. The molecular weight excluding hydrogens is 476 g/mol. The van der Waals surface area contributed by atoms with Crippen molar-refractivity contribution in [2.24, 2.45) is 5.92 Å². The van der Waals surface area contributed by atoms with Gasteiger partial charge < -0.3 is 5.32 Å². The van der Waals surface area contributed by atoms with Crippen molar-refractivity contribution in [3.63, 3.8) is 0 Å². The molecule has 0 spiro atoms. The van der Waals surface area contributed by atoms with Crippen LogP contribution in [0.5, 0.6) is 0 Å². The molecule has 0 unspecified atom stereocenters. The molecule has 32 heavy (non-hydrogen) atoms. The van der Waals surface area contributed by atoms with E-state index in [4.69, 9.17) is 11.6 Å². The number of rotatable bonds is 6. The normalized spacial score (nSPS) is 16.0. The van der Waals surface area contributed by atoms with Gasteiger partial charge in [-0.2, -0.15) is 4.31 Å². The number of amides is 1.